The molecule has 1 aromatic rings. The van der Waals surface area contributed by atoms with E-state index in [2.05, 4.69) is 22.0 Å². The van der Waals surface area contributed by atoms with Crippen molar-refractivity contribution in [1.82, 2.24) is 15.0 Å². The number of hydrogen-bond donors (Lipinski definition) is 1. The number of likely N-dealkylation sites (tertiary alicyclic amines) is 1. The molecule has 5 heteroatoms. The minimum atomic E-state index is -0.136. The van der Waals surface area contributed by atoms with Crippen LogP contribution >= 0.6 is 0 Å². The Kier molecular flexibility index (Phi) is 2.88. The van der Waals surface area contributed by atoms with Gasteiger partial charge < -0.3 is 9.63 Å². The smallest absolute Gasteiger partial charge is 0.243 e. The van der Waals surface area contributed by atoms with Crippen molar-refractivity contribution in [3.8, 4) is 0 Å². The van der Waals surface area contributed by atoms with Crippen LogP contribution in [-0.4, -0.2) is 39.3 Å². The second-order valence-electron chi connectivity index (χ2n) is 5.21. The Morgan fingerprint density at radius 1 is 1.29 bits per heavy atom. The summed E-state index contributed by atoms with van der Waals surface area (Å²) in [6, 6.07) is 0.169. The van der Waals surface area contributed by atoms with E-state index < -0.39 is 0 Å². The number of nitrogens with zero attached hydrogens (tertiary/aromatic N) is 3. The average Bonchev–Trinajstić information content (AvgIpc) is 3.07. The van der Waals surface area contributed by atoms with Crippen molar-refractivity contribution in [2.24, 2.45) is 0 Å². The van der Waals surface area contributed by atoms with Gasteiger partial charge in [0, 0.05) is 19.0 Å². The summed E-state index contributed by atoms with van der Waals surface area (Å²) in [7, 11) is 0. The Morgan fingerprint density at radius 2 is 2.00 bits per heavy atom. The molecule has 1 aliphatic carbocycles. The molecule has 2 heterocycles. The molecule has 0 amide bonds. The van der Waals surface area contributed by atoms with Crippen molar-refractivity contribution in [3.05, 3.63) is 11.7 Å². The third-order valence-electron chi connectivity index (χ3n) is 3.80. The van der Waals surface area contributed by atoms with Gasteiger partial charge in [0.05, 0.1) is 12.1 Å². The van der Waals surface area contributed by atoms with Crippen molar-refractivity contribution < 1.29 is 9.63 Å². The Hall–Kier alpha value is -0.940. The minimum absolute atomic E-state index is 0.136. The number of aromatic nitrogens is 2. The van der Waals surface area contributed by atoms with Gasteiger partial charge in [0.25, 0.3) is 0 Å². The fraction of sp³-hybridized carbons (Fsp3) is 0.833. The van der Waals surface area contributed by atoms with Crippen molar-refractivity contribution >= 4 is 0 Å². The van der Waals surface area contributed by atoms with E-state index in [4.69, 9.17) is 4.52 Å². The zero-order chi connectivity index (χ0) is 11.8. The molecule has 94 valence electrons. The lowest BCUT2D eigenvalue weighted by Crippen LogP contribution is -2.37. The molecular weight excluding hydrogens is 218 g/mol. The van der Waals surface area contributed by atoms with Crippen molar-refractivity contribution in [2.75, 3.05) is 13.1 Å². The van der Waals surface area contributed by atoms with Crippen molar-refractivity contribution in [1.29, 1.82) is 0 Å². The molecule has 1 saturated heterocycles. The largest absolute Gasteiger partial charge is 0.393 e. The zero-order valence-electron chi connectivity index (χ0n) is 10.2. The first kappa shape index (κ1) is 11.2. The topological polar surface area (TPSA) is 62.4 Å². The summed E-state index contributed by atoms with van der Waals surface area (Å²) in [5, 5.41) is 13.5. The quantitative estimate of drug-likeness (QED) is 0.862. The number of aliphatic hydroxyl groups is 1. The first-order chi connectivity index (χ1) is 8.24. The molecule has 0 unspecified atom stereocenters. The highest BCUT2D eigenvalue weighted by molar-refractivity contribution is 5.04. The fourth-order valence-electron chi connectivity index (χ4n) is 2.35. The van der Waals surface area contributed by atoms with E-state index >= 15 is 0 Å². The molecule has 1 N–H and O–H groups in total. The SMILES string of the molecule is C[C@@H](c1nc(C2CC2)no1)N1CCC(O)CC1. The van der Waals surface area contributed by atoms with Crippen LogP contribution in [0, 0.1) is 0 Å². The lowest BCUT2D eigenvalue weighted by Gasteiger charge is -2.32. The van der Waals surface area contributed by atoms with E-state index in [1.54, 1.807) is 0 Å². The molecule has 1 aliphatic heterocycles. The number of piperidine rings is 1. The maximum atomic E-state index is 9.49. The molecule has 1 aromatic heterocycles. The van der Waals surface area contributed by atoms with Gasteiger partial charge in [0.1, 0.15) is 0 Å². The van der Waals surface area contributed by atoms with Gasteiger partial charge in [-0.05, 0) is 32.6 Å². The van der Waals surface area contributed by atoms with Crippen LogP contribution in [0.2, 0.25) is 0 Å². The third kappa shape index (κ3) is 2.35. The summed E-state index contributed by atoms with van der Waals surface area (Å²) in [6.07, 6.45) is 3.94. The monoisotopic (exact) mass is 237 g/mol. The molecular formula is C12H19N3O2. The predicted molar refractivity (Wildman–Crippen MR) is 61.5 cm³/mol. The first-order valence-electron chi connectivity index (χ1n) is 6.49. The van der Waals surface area contributed by atoms with Gasteiger partial charge in [-0.25, -0.2) is 0 Å². The molecule has 5 nitrogen and oxygen atoms in total. The molecule has 0 spiro atoms. The first-order valence-corrected chi connectivity index (χ1v) is 6.49. The van der Waals surface area contributed by atoms with Gasteiger partial charge in [-0.15, -0.1) is 0 Å². The summed E-state index contributed by atoms with van der Waals surface area (Å²) in [4.78, 5) is 6.79. The van der Waals surface area contributed by atoms with Gasteiger partial charge >= 0.3 is 0 Å². The lowest BCUT2D eigenvalue weighted by atomic mass is 10.1. The van der Waals surface area contributed by atoms with Crippen LogP contribution in [-0.2, 0) is 0 Å². The van der Waals surface area contributed by atoms with Crippen LogP contribution in [0.25, 0.3) is 0 Å². The van der Waals surface area contributed by atoms with Crippen LogP contribution in [0.15, 0.2) is 4.52 Å². The second kappa shape index (κ2) is 4.38. The Bertz CT molecular complexity index is 381. The van der Waals surface area contributed by atoms with Crippen LogP contribution in [0.1, 0.15) is 56.3 Å². The number of rotatable bonds is 3. The zero-order valence-corrected chi connectivity index (χ0v) is 10.2. The van der Waals surface area contributed by atoms with Crippen molar-refractivity contribution in [2.45, 2.75) is 50.7 Å². The lowest BCUT2D eigenvalue weighted by molar-refractivity contribution is 0.0564. The van der Waals surface area contributed by atoms with Crippen LogP contribution in [0.5, 0.6) is 0 Å². The summed E-state index contributed by atoms with van der Waals surface area (Å²) >= 11 is 0. The molecule has 2 aliphatic rings. The summed E-state index contributed by atoms with van der Waals surface area (Å²) < 4.78 is 5.34. The molecule has 1 atom stereocenters. The second-order valence-corrected chi connectivity index (χ2v) is 5.21. The Labute approximate surface area is 101 Å². The highest BCUT2D eigenvalue weighted by Crippen LogP contribution is 2.38. The molecule has 0 radical (unpaired) electrons. The van der Waals surface area contributed by atoms with Crippen LogP contribution < -0.4 is 0 Å². The molecule has 1 saturated carbocycles. The summed E-state index contributed by atoms with van der Waals surface area (Å²) in [5.74, 6) is 2.15. The third-order valence-corrected chi connectivity index (χ3v) is 3.80. The fourth-order valence-corrected chi connectivity index (χ4v) is 2.35. The van der Waals surface area contributed by atoms with Gasteiger partial charge in [0.2, 0.25) is 5.89 Å². The average molecular weight is 237 g/mol. The van der Waals surface area contributed by atoms with E-state index in [-0.39, 0.29) is 12.1 Å². The van der Waals surface area contributed by atoms with E-state index in [0.717, 1.165) is 37.6 Å². The van der Waals surface area contributed by atoms with Crippen LogP contribution in [0.3, 0.4) is 0 Å². The van der Waals surface area contributed by atoms with E-state index in [9.17, 15) is 5.11 Å². The maximum absolute atomic E-state index is 9.49. The Balaban J connectivity index is 1.65. The van der Waals surface area contributed by atoms with E-state index in [0.29, 0.717) is 5.92 Å². The highest BCUT2D eigenvalue weighted by atomic mass is 16.5. The van der Waals surface area contributed by atoms with Gasteiger partial charge in [0.15, 0.2) is 5.82 Å². The van der Waals surface area contributed by atoms with Gasteiger partial charge in [-0.3, -0.25) is 4.90 Å². The van der Waals surface area contributed by atoms with Gasteiger partial charge in [-0.1, -0.05) is 5.16 Å². The van der Waals surface area contributed by atoms with E-state index in [1.165, 1.54) is 12.8 Å². The van der Waals surface area contributed by atoms with Crippen LogP contribution in [0.4, 0.5) is 0 Å². The van der Waals surface area contributed by atoms with Gasteiger partial charge in [-0.2, -0.15) is 4.98 Å². The van der Waals surface area contributed by atoms with E-state index in [1.807, 2.05) is 0 Å². The van der Waals surface area contributed by atoms with Crippen molar-refractivity contribution in [3.63, 3.8) is 0 Å². The summed E-state index contributed by atoms with van der Waals surface area (Å²) in [5.41, 5.74) is 0. The molecule has 0 bridgehead atoms. The normalized spacial score (nSPS) is 25.1. The standard InChI is InChI=1S/C12H19N3O2/c1-8(15-6-4-10(16)5-7-15)12-13-11(14-17-12)9-2-3-9/h8-10,16H,2-7H2,1H3/t8-/m0/s1. The molecule has 0 aromatic carbocycles. The minimum Gasteiger partial charge on any atom is -0.393 e. The summed E-state index contributed by atoms with van der Waals surface area (Å²) in [6.45, 7) is 3.91. The Morgan fingerprint density at radius 3 is 2.65 bits per heavy atom. The molecule has 3 rings (SSSR count). The number of aliphatic hydroxyl groups excluding tert-OH is 1. The maximum Gasteiger partial charge on any atom is 0.243 e. The molecule has 2 fully saturated rings. The molecule has 17 heavy (non-hydrogen) atoms. The number of hydrogen-bond acceptors (Lipinski definition) is 5. The highest BCUT2D eigenvalue weighted by Gasteiger charge is 2.31. The predicted octanol–water partition coefficient (Wildman–Crippen LogP) is 1.46.